The molecular weight excluding hydrogens is 198 g/mol. The van der Waals surface area contributed by atoms with Crippen molar-refractivity contribution >= 4 is 11.5 Å². The lowest BCUT2D eigenvalue weighted by Crippen LogP contribution is -2.25. The standard InChI is InChI=1S/C13H23N3/c1-6-12(10(2)3)15-13-8-7-11(9-14-13)16(4)5/h7-10,12H,6H2,1-5H3,(H,14,15). The maximum absolute atomic E-state index is 4.42. The van der Waals surface area contributed by atoms with Gasteiger partial charge in [-0.3, -0.25) is 0 Å². The first-order valence-electron chi connectivity index (χ1n) is 5.94. The van der Waals surface area contributed by atoms with E-state index in [1.165, 1.54) is 0 Å². The SMILES string of the molecule is CCC(Nc1ccc(N(C)C)cn1)C(C)C. The van der Waals surface area contributed by atoms with Crippen LogP contribution in [0.3, 0.4) is 0 Å². The van der Waals surface area contributed by atoms with Crippen LogP contribution in [0.15, 0.2) is 18.3 Å². The van der Waals surface area contributed by atoms with Crippen molar-refractivity contribution in [2.45, 2.75) is 33.2 Å². The monoisotopic (exact) mass is 221 g/mol. The summed E-state index contributed by atoms with van der Waals surface area (Å²) in [4.78, 5) is 6.47. The van der Waals surface area contributed by atoms with Gasteiger partial charge in [0, 0.05) is 20.1 Å². The van der Waals surface area contributed by atoms with Crippen LogP contribution in [0, 0.1) is 5.92 Å². The van der Waals surface area contributed by atoms with Crippen LogP contribution in [-0.2, 0) is 0 Å². The second-order valence-electron chi connectivity index (χ2n) is 4.70. The topological polar surface area (TPSA) is 28.2 Å². The van der Waals surface area contributed by atoms with Crippen molar-refractivity contribution < 1.29 is 0 Å². The lowest BCUT2D eigenvalue weighted by atomic mass is 10.0. The zero-order valence-electron chi connectivity index (χ0n) is 11.0. The van der Waals surface area contributed by atoms with E-state index in [1.807, 2.05) is 26.4 Å². The van der Waals surface area contributed by atoms with Crippen LogP contribution >= 0.6 is 0 Å². The molecule has 0 radical (unpaired) electrons. The van der Waals surface area contributed by atoms with Crippen molar-refractivity contribution in [1.82, 2.24) is 4.98 Å². The predicted molar refractivity (Wildman–Crippen MR) is 71.1 cm³/mol. The smallest absolute Gasteiger partial charge is 0.126 e. The average molecular weight is 221 g/mol. The van der Waals surface area contributed by atoms with Gasteiger partial charge < -0.3 is 10.2 Å². The summed E-state index contributed by atoms with van der Waals surface area (Å²) in [5, 5.41) is 3.46. The van der Waals surface area contributed by atoms with Crippen LogP contribution in [-0.4, -0.2) is 25.1 Å². The summed E-state index contributed by atoms with van der Waals surface area (Å²) >= 11 is 0. The summed E-state index contributed by atoms with van der Waals surface area (Å²) < 4.78 is 0. The molecule has 0 amide bonds. The van der Waals surface area contributed by atoms with Gasteiger partial charge in [-0.25, -0.2) is 4.98 Å². The zero-order chi connectivity index (χ0) is 12.1. The molecular formula is C13H23N3. The molecule has 0 bridgehead atoms. The number of aromatic nitrogens is 1. The fraction of sp³-hybridized carbons (Fsp3) is 0.615. The minimum atomic E-state index is 0.498. The van der Waals surface area contributed by atoms with Gasteiger partial charge in [0.05, 0.1) is 11.9 Å². The maximum Gasteiger partial charge on any atom is 0.126 e. The van der Waals surface area contributed by atoms with Crippen LogP contribution in [0.5, 0.6) is 0 Å². The van der Waals surface area contributed by atoms with Gasteiger partial charge in [0.25, 0.3) is 0 Å². The molecule has 3 nitrogen and oxygen atoms in total. The highest BCUT2D eigenvalue weighted by Gasteiger charge is 2.10. The van der Waals surface area contributed by atoms with Gasteiger partial charge in [-0.1, -0.05) is 20.8 Å². The first kappa shape index (κ1) is 12.8. The Morgan fingerprint density at radius 1 is 1.31 bits per heavy atom. The lowest BCUT2D eigenvalue weighted by Gasteiger charge is -2.21. The fourth-order valence-corrected chi connectivity index (χ4v) is 1.67. The van der Waals surface area contributed by atoms with Crippen molar-refractivity contribution in [3.8, 4) is 0 Å². The second kappa shape index (κ2) is 5.73. The van der Waals surface area contributed by atoms with E-state index in [9.17, 15) is 0 Å². The Labute approximate surface area is 98.9 Å². The van der Waals surface area contributed by atoms with Crippen molar-refractivity contribution in [3.05, 3.63) is 18.3 Å². The Balaban J connectivity index is 2.67. The Kier molecular flexibility index (Phi) is 4.59. The Hall–Kier alpha value is -1.25. The molecule has 0 aliphatic rings. The minimum Gasteiger partial charge on any atom is -0.376 e. The molecule has 90 valence electrons. The van der Waals surface area contributed by atoms with Crippen LogP contribution < -0.4 is 10.2 Å². The van der Waals surface area contributed by atoms with Crippen molar-refractivity contribution in [2.24, 2.45) is 5.92 Å². The number of nitrogens with zero attached hydrogens (tertiary/aromatic N) is 2. The fourth-order valence-electron chi connectivity index (χ4n) is 1.67. The average Bonchev–Trinajstić information content (AvgIpc) is 2.26. The molecule has 0 saturated heterocycles. The second-order valence-corrected chi connectivity index (χ2v) is 4.70. The highest BCUT2D eigenvalue weighted by atomic mass is 15.1. The summed E-state index contributed by atoms with van der Waals surface area (Å²) in [6.07, 6.45) is 3.02. The third-order valence-electron chi connectivity index (χ3n) is 2.84. The van der Waals surface area contributed by atoms with Gasteiger partial charge in [-0.2, -0.15) is 0 Å². The van der Waals surface area contributed by atoms with Crippen molar-refractivity contribution in [3.63, 3.8) is 0 Å². The van der Waals surface area contributed by atoms with E-state index < -0.39 is 0 Å². The van der Waals surface area contributed by atoms with Crippen molar-refractivity contribution in [2.75, 3.05) is 24.3 Å². The lowest BCUT2D eigenvalue weighted by molar-refractivity contribution is 0.510. The number of pyridine rings is 1. The third-order valence-corrected chi connectivity index (χ3v) is 2.84. The summed E-state index contributed by atoms with van der Waals surface area (Å²) in [7, 11) is 4.04. The quantitative estimate of drug-likeness (QED) is 0.828. The van der Waals surface area contributed by atoms with E-state index in [0.717, 1.165) is 17.9 Å². The molecule has 1 unspecified atom stereocenters. The normalized spacial score (nSPS) is 12.6. The largest absolute Gasteiger partial charge is 0.376 e. The first-order chi connectivity index (χ1) is 7.54. The third kappa shape index (κ3) is 3.40. The highest BCUT2D eigenvalue weighted by Crippen LogP contribution is 2.16. The van der Waals surface area contributed by atoms with Gasteiger partial charge >= 0.3 is 0 Å². The zero-order valence-corrected chi connectivity index (χ0v) is 11.0. The number of rotatable bonds is 5. The van der Waals surface area contributed by atoms with E-state index in [2.05, 4.69) is 42.0 Å². The molecule has 16 heavy (non-hydrogen) atoms. The van der Waals surface area contributed by atoms with Crippen molar-refractivity contribution in [1.29, 1.82) is 0 Å². The van der Waals surface area contributed by atoms with E-state index in [-0.39, 0.29) is 0 Å². The molecule has 1 N–H and O–H groups in total. The van der Waals surface area contributed by atoms with E-state index in [4.69, 9.17) is 0 Å². The minimum absolute atomic E-state index is 0.498. The number of anilines is 2. The summed E-state index contributed by atoms with van der Waals surface area (Å²) in [5.74, 6) is 1.59. The molecule has 1 aromatic rings. The first-order valence-corrected chi connectivity index (χ1v) is 5.94. The van der Waals surface area contributed by atoms with Gasteiger partial charge in [0.2, 0.25) is 0 Å². The van der Waals surface area contributed by atoms with Crippen LogP contribution in [0.2, 0.25) is 0 Å². The molecule has 0 aliphatic carbocycles. The highest BCUT2D eigenvalue weighted by molar-refractivity contribution is 5.48. The molecule has 0 saturated carbocycles. The van der Waals surface area contributed by atoms with Gasteiger partial charge in [-0.15, -0.1) is 0 Å². The molecule has 1 heterocycles. The molecule has 1 aromatic heterocycles. The molecule has 3 heteroatoms. The Morgan fingerprint density at radius 3 is 2.38 bits per heavy atom. The summed E-state index contributed by atoms with van der Waals surface area (Å²) in [6, 6.07) is 4.63. The molecule has 0 fully saturated rings. The van der Waals surface area contributed by atoms with Gasteiger partial charge in [0.15, 0.2) is 0 Å². The number of hydrogen-bond donors (Lipinski definition) is 1. The Bertz CT molecular complexity index is 303. The summed E-state index contributed by atoms with van der Waals surface area (Å²) in [5.41, 5.74) is 1.13. The van der Waals surface area contributed by atoms with Gasteiger partial charge in [0.1, 0.15) is 5.82 Å². The van der Waals surface area contributed by atoms with Crippen LogP contribution in [0.4, 0.5) is 11.5 Å². The van der Waals surface area contributed by atoms with E-state index in [0.29, 0.717) is 12.0 Å². The number of nitrogens with one attached hydrogen (secondary N) is 1. The number of hydrogen-bond acceptors (Lipinski definition) is 3. The summed E-state index contributed by atoms with van der Waals surface area (Å²) in [6.45, 7) is 6.66. The molecule has 0 aromatic carbocycles. The van der Waals surface area contributed by atoms with Crippen LogP contribution in [0.1, 0.15) is 27.2 Å². The van der Waals surface area contributed by atoms with E-state index >= 15 is 0 Å². The molecule has 0 aliphatic heterocycles. The molecule has 0 spiro atoms. The molecule has 1 atom stereocenters. The van der Waals surface area contributed by atoms with Crippen LogP contribution in [0.25, 0.3) is 0 Å². The molecule has 1 rings (SSSR count). The van der Waals surface area contributed by atoms with E-state index in [1.54, 1.807) is 0 Å². The van der Waals surface area contributed by atoms with Gasteiger partial charge in [-0.05, 0) is 24.5 Å². The predicted octanol–water partition coefficient (Wildman–Crippen LogP) is 2.99. The maximum atomic E-state index is 4.42. The Morgan fingerprint density at radius 2 is 2.00 bits per heavy atom.